The topological polar surface area (TPSA) is 57.8 Å². The van der Waals surface area contributed by atoms with Crippen molar-refractivity contribution in [1.29, 1.82) is 0 Å². The maximum Gasteiger partial charge on any atom is 0.309 e. The lowest BCUT2D eigenvalue weighted by Crippen LogP contribution is -2.31. The zero-order valence-corrected chi connectivity index (χ0v) is 11.0. The number of hydrogen-bond donors (Lipinski definition) is 1. The first-order valence-electron chi connectivity index (χ1n) is 6.09. The Morgan fingerprint density at radius 1 is 1.61 bits per heavy atom. The number of likely N-dealkylation sites (N-methyl/N-ethyl adjacent to an activating group) is 1. The monoisotopic (exact) mass is 265 g/mol. The largest absolute Gasteiger partial charge is 0.481 e. The molecular formula is C12H15N3O2S. The van der Waals surface area contributed by atoms with Crippen LogP contribution in [0.2, 0.25) is 0 Å². The molecule has 2 aromatic rings. The zero-order chi connectivity index (χ0) is 12.7. The first kappa shape index (κ1) is 11.7. The lowest BCUT2D eigenvalue weighted by molar-refractivity contribution is -0.136. The Morgan fingerprint density at radius 3 is 3.17 bits per heavy atom. The van der Waals surface area contributed by atoms with Crippen molar-refractivity contribution in [1.82, 2.24) is 14.3 Å². The van der Waals surface area contributed by atoms with Crippen LogP contribution in [-0.4, -0.2) is 38.4 Å². The summed E-state index contributed by atoms with van der Waals surface area (Å²) >= 11 is 1.53. The van der Waals surface area contributed by atoms with Gasteiger partial charge in [-0.1, -0.05) is 6.92 Å². The molecule has 0 saturated carbocycles. The lowest BCUT2D eigenvalue weighted by atomic mass is 10.1. The minimum atomic E-state index is -0.791. The van der Waals surface area contributed by atoms with Gasteiger partial charge in [0.15, 0.2) is 4.96 Å². The van der Waals surface area contributed by atoms with Gasteiger partial charge in [-0.15, -0.1) is 11.3 Å². The van der Waals surface area contributed by atoms with Crippen LogP contribution in [0.4, 0.5) is 0 Å². The van der Waals surface area contributed by atoms with Crippen LogP contribution in [0.25, 0.3) is 4.96 Å². The number of imidazole rings is 1. The molecule has 1 aliphatic rings. The van der Waals surface area contributed by atoms with Crippen molar-refractivity contribution < 1.29 is 9.90 Å². The quantitative estimate of drug-likeness (QED) is 0.911. The van der Waals surface area contributed by atoms with Crippen LogP contribution in [0.1, 0.15) is 24.0 Å². The molecule has 2 aromatic heterocycles. The molecule has 0 aliphatic carbocycles. The Bertz CT molecular complexity index is 602. The smallest absolute Gasteiger partial charge is 0.309 e. The third-order valence-electron chi connectivity index (χ3n) is 3.43. The van der Waals surface area contributed by atoms with Crippen LogP contribution in [-0.2, 0) is 24.2 Å². The maximum absolute atomic E-state index is 10.9. The Kier molecular flexibility index (Phi) is 2.83. The summed E-state index contributed by atoms with van der Waals surface area (Å²) in [6.45, 7) is 5.08. The molecule has 18 heavy (non-hydrogen) atoms. The molecule has 0 amide bonds. The van der Waals surface area contributed by atoms with Gasteiger partial charge in [-0.25, -0.2) is 4.98 Å². The van der Waals surface area contributed by atoms with Crippen LogP contribution in [0, 0.1) is 0 Å². The highest BCUT2D eigenvalue weighted by Crippen LogP contribution is 2.25. The van der Waals surface area contributed by atoms with Crippen molar-refractivity contribution in [2.75, 3.05) is 13.1 Å². The van der Waals surface area contributed by atoms with Crippen molar-refractivity contribution in [2.45, 2.75) is 26.3 Å². The van der Waals surface area contributed by atoms with Gasteiger partial charge in [0, 0.05) is 30.6 Å². The van der Waals surface area contributed by atoms with Crippen molar-refractivity contribution in [3.8, 4) is 0 Å². The number of nitrogens with zero attached hydrogens (tertiary/aromatic N) is 3. The number of rotatable bonds is 3. The fourth-order valence-electron chi connectivity index (χ4n) is 2.49. The summed E-state index contributed by atoms with van der Waals surface area (Å²) in [6, 6.07) is 0. The number of carbonyl (C=O) groups is 1. The molecule has 0 saturated heterocycles. The fraction of sp³-hybridized carbons (Fsp3) is 0.500. The first-order valence-corrected chi connectivity index (χ1v) is 6.97. The first-order chi connectivity index (χ1) is 8.69. The van der Waals surface area contributed by atoms with E-state index in [1.807, 2.05) is 9.78 Å². The Balaban J connectivity index is 2.07. The van der Waals surface area contributed by atoms with Crippen LogP contribution in [0.3, 0.4) is 0 Å². The molecule has 96 valence electrons. The standard InChI is InChI=1S/C12H15N3O2S/c1-2-14-4-3-9-10(6-14)15-8(5-11(16)17)7-18-12(15)13-9/h7H,2-6H2,1H3,(H,16,17). The highest BCUT2D eigenvalue weighted by Gasteiger charge is 2.23. The molecule has 6 heteroatoms. The Hall–Kier alpha value is -1.40. The molecule has 0 radical (unpaired) electrons. The summed E-state index contributed by atoms with van der Waals surface area (Å²) in [4.78, 5) is 18.8. The van der Waals surface area contributed by atoms with Crippen LogP contribution >= 0.6 is 11.3 Å². The molecule has 3 rings (SSSR count). The normalized spacial score (nSPS) is 16.1. The van der Waals surface area contributed by atoms with Gasteiger partial charge < -0.3 is 5.11 Å². The number of aromatic nitrogens is 2. The second-order valence-corrected chi connectivity index (χ2v) is 5.38. The number of aliphatic carboxylic acids is 1. The molecule has 1 aliphatic heterocycles. The van der Waals surface area contributed by atoms with Gasteiger partial charge in [-0.3, -0.25) is 14.1 Å². The van der Waals surface area contributed by atoms with Crippen LogP contribution < -0.4 is 0 Å². The van der Waals surface area contributed by atoms with Crippen molar-refractivity contribution in [2.24, 2.45) is 0 Å². The van der Waals surface area contributed by atoms with Crippen molar-refractivity contribution in [3.05, 3.63) is 22.5 Å². The van der Waals surface area contributed by atoms with Gasteiger partial charge in [0.1, 0.15) is 0 Å². The average molecular weight is 265 g/mol. The summed E-state index contributed by atoms with van der Waals surface area (Å²) in [5.41, 5.74) is 3.16. The molecule has 0 aromatic carbocycles. The second-order valence-electron chi connectivity index (χ2n) is 4.54. The molecule has 0 spiro atoms. The Morgan fingerprint density at radius 2 is 2.44 bits per heavy atom. The van der Waals surface area contributed by atoms with E-state index in [-0.39, 0.29) is 6.42 Å². The van der Waals surface area contributed by atoms with E-state index in [1.165, 1.54) is 17.0 Å². The number of thiazole rings is 1. The van der Waals surface area contributed by atoms with E-state index in [9.17, 15) is 4.79 Å². The van der Waals surface area contributed by atoms with E-state index in [1.54, 1.807) is 0 Å². The molecule has 3 heterocycles. The van der Waals surface area contributed by atoms with Gasteiger partial charge in [0.2, 0.25) is 0 Å². The number of carboxylic acid groups (broad SMARTS) is 1. The summed E-state index contributed by atoms with van der Waals surface area (Å²) in [7, 11) is 0. The molecule has 0 bridgehead atoms. The highest BCUT2D eigenvalue weighted by atomic mass is 32.1. The summed E-state index contributed by atoms with van der Waals surface area (Å²) in [5.74, 6) is -0.791. The van der Waals surface area contributed by atoms with Gasteiger partial charge in [-0.2, -0.15) is 0 Å². The van der Waals surface area contributed by atoms with E-state index < -0.39 is 5.97 Å². The lowest BCUT2D eigenvalue weighted by Gasteiger charge is -2.24. The third kappa shape index (κ3) is 1.81. The molecule has 1 N–H and O–H groups in total. The highest BCUT2D eigenvalue weighted by molar-refractivity contribution is 7.15. The molecule has 5 nitrogen and oxygen atoms in total. The number of carboxylic acids is 1. The average Bonchev–Trinajstić information content (AvgIpc) is 2.88. The summed E-state index contributed by atoms with van der Waals surface area (Å²) < 4.78 is 2.04. The summed E-state index contributed by atoms with van der Waals surface area (Å²) in [6.07, 6.45) is 1.03. The van der Waals surface area contributed by atoms with Gasteiger partial charge in [0.05, 0.1) is 17.8 Å². The maximum atomic E-state index is 10.9. The van der Waals surface area contributed by atoms with E-state index in [2.05, 4.69) is 16.8 Å². The van der Waals surface area contributed by atoms with Gasteiger partial charge in [-0.05, 0) is 6.54 Å². The predicted octanol–water partition coefficient (Wildman–Crippen LogP) is 1.40. The molecule has 0 atom stereocenters. The van der Waals surface area contributed by atoms with E-state index >= 15 is 0 Å². The SMILES string of the molecule is CCN1CCc2nc3scc(CC(=O)O)n3c2C1. The second kappa shape index (κ2) is 4.37. The summed E-state index contributed by atoms with van der Waals surface area (Å²) in [5, 5.41) is 10.8. The van der Waals surface area contributed by atoms with E-state index in [4.69, 9.17) is 5.11 Å². The fourth-order valence-corrected chi connectivity index (χ4v) is 3.41. The van der Waals surface area contributed by atoms with Gasteiger partial charge >= 0.3 is 5.97 Å². The molecule has 0 unspecified atom stereocenters. The molecule has 0 fully saturated rings. The molecular weight excluding hydrogens is 250 g/mol. The zero-order valence-electron chi connectivity index (χ0n) is 10.2. The predicted molar refractivity (Wildman–Crippen MR) is 69.1 cm³/mol. The minimum Gasteiger partial charge on any atom is -0.481 e. The van der Waals surface area contributed by atoms with Crippen molar-refractivity contribution >= 4 is 22.3 Å². The minimum absolute atomic E-state index is 0.0644. The van der Waals surface area contributed by atoms with Crippen LogP contribution in [0.5, 0.6) is 0 Å². The van der Waals surface area contributed by atoms with Crippen molar-refractivity contribution in [3.63, 3.8) is 0 Å². The van der Waals surface area contributed by atoms with Gasteiger partial charge in [0.25, 0.3) is 0 Å². The van der Waals surface area contributed by atoms with E-state index in [0.29, 0.717) is 0 Å². The third-order valence-corrected chi connectivity index (χ3v) is 4.30. The van der Waals surface area contributed by atoms with E-state index in [0.717, 1.165) is 42.4 Å². The Labute approximate surface area is 109 Å². The number of fused-ring (bicyclic) bond motifs is 3. The van der Waals surface area contributed by atoms with Crippen LogP contribution in [0.15, 0.2) is 5.38 Å². The number of hydrogen-bond acceptors (Lipinski definition) is 4.